The van der Waals surface area contributed by atoms with Gasteiger partial charge in [-0.25, -0.2) is 33.6 Å². The van der Waals surface area contributed by atoms with Crippen molar-refractivity contribution in [1.29, 1.82) is 0 Å². The van der Waals surface area contributed by atoms with Gasteiger partial charge >= 0.3 is 42.2 Å². The fraction of sp³-hybridized carbons (Fsp3) is 0.562. The standard InChI is InChI=1S/C7H18N2.C2H6O2.7CH4N2O/c8-6-4-2-1-3-5-7-9;3-1-2-4;7*2-1(3)4/h1-9H2;3-4H,1-2H2;7*(H4,2,3,4). The molecule has 0 rings (SSSR count). The quantitative estimate of drug-likeness (QED) is 0.120. The lowest BCUT2D eigenvalue weighted by molar-refractivity contribution is 0.186. The molecule has 41 heavy (non-hydrogen) atoms. The number of carbonyl (C=O) groups excluding carboxylic acids is 7. The number of hydrogen-bond donors (Lipinski definition) is 18. The Bertz CT molecular complexity index is 460. The van der Waals surface area contributed by atoms with Crippen molar-refractivity contribution in [1.82, 2.24) is 0 Å². The molecule has 0 radical (unpaired) electrons. The highest BCUT2D eigenvalue weighted by Gasteiger charge is 1.86. The van der Waals surface area contributed by atoms with E-state index in [-0.39, 0.29) is 13.2 Å². The molecular formula is C16H52N16O9. The molecule has 34 N–H and O–H groups in total. The molecule has 0 heterocycles. The summed E-state index contributed by atoms with van der Waals surface area (Å²) in [5, 5.41) is 15.2. The van der Waals surface area contributed by atoms with Crippen LogP contribution in [-0.4, -0.2) is 78.7 Å². The van der Waals surface area contributed by atoms with Gasteiger partial charge in [-0.2, -0.15) is 0 Å². The summed E-state index contributed by atoms with van der Waals surface area (Å²) in [7, 11) is 0. The van der Waals surface area contributed by atoms with Crippen LogP contribution in [0.1, 0.15) is 32.1 Å². The molecule has 0 aromatic rings. The summed E-state index contributed by atoms with van der Waals surface area (Å²) in [6.45, 7) is 1.42. The number of nitrogens with two attached hydrogens (primary N) is 16. The molecule has 0 bridgehead atoms. The minimum atomic E-state index is -0.833. The van der Waals surface area contributed by atoms with Gasteiger partial charge in [0.1, 0.15) is 0 Å². The predicted octanol–water partition coefficient (Wildman–Crippen LogP) is -7.01. The van der Waals surface area contributed by atoms with Crippen LogP contribution in [0, 0.1) is 0 Å². The monoisotopic (exact) mass is 612 g/mol. The number of aliphatic hydroxyl groups is 2. The summed E-state index contributed by atoms with van der Waals surface area (Å²) in [5.41, 5.74) is 70.1. The number of carbonyl (C=O) groups is 7. The normalized spacial score (nSPS) is 7.02. The van der Waals surface area contributed by atoms with Crippen LogP contribution in [0.3, 0.4) is 0 Å². The predicted molar refractivity (Wildman–Crippen MR) is 152 cm³/mol. The summed E-state index contributed by atoms with van der Waals surface area (Å²) >= 11 is 0. The summed E-state index contributed by atoms with van der Waals surface area (Å²) in [5.74, 6) is 0. The van der Waals surface area contributed by atoms with Crippen LogP contribution in [0.4, 0.5) is 33.6 Å². The Hall–Kier alpha value is -5.27. The lowest BCUT2D eigenvalue weighted by Gasteiger charge is -1.96. The van der Waals surface area contributed by atoms with Crippen LogP contribution in [0.15, 0.2) is 0 Å². The first-order valence-corrected chi connectivity index (χ1v) is 10.4. The summed E-state index contributed by atoms with van der Waals surface area (Å²) < 4.78 is 0. The summed E-state index contributed by atoms with van der Waals surface area (Å²) in [6, 6.07) is -5.83. The minimum absolute atomic E-state index is 0.125. The fourth-order valence-electron chi connectivity index (χ4n) is 0.819. The molecule has 250 valence electrons. The van der Waals surface area contributed by atoms with Gasteiger partial charge in [-0.3, -0.25) is 0 Å². The first kappa shape index (κ1) is 60.3. The topological polar surface area (TPSA) is 576 Å². The maximum Gasteiger partial charge on any atom is 0.309 e. The van der Waals surface area contributed by atoms with Gasteiger partial charge in [-0.1, -0.05) is 19.3 Å². The van der Waals surface area contributed by atoms with Gasteiger partial charge in [-0.05, 0) is 25.9 Å². The van der Waals surface area contributed by atoms with E-state index in [9.17, 15) is 0 Å². The van der Waals surface area contributed by atoms with Crippen molar-refractivity contribution in [2.75, 3.05) is 26.3 Å². The van der Waals surface area contributed by atoms with E-state index < -0.39 is 42.2 Å². The third kappa shape index (κ3) is 12400. The molecule has 0 aromatic carbocycles. The van der Waals surface area contributed by atoms with Gasteiger partial charge < -0.3 is 102 Å². The molecule has 0 spiro atoms. The zero-order valence-electron chi connectivity index (χ0n) is 22.9. The largest absolute Gasteiger partial charge is 0.394 e. The van der Waals surface area contributed by atoms with E-state index in [1.165, 1.54) is 32.1 Å². The van der Waals surface area contributed by atoms with E-state index >= 15 is 0 Å². The summed E-state index contributed by atoms with van der Waals surface area (Å²) in [6.07, 6.45) is 6.19. The van der Waals surface area contributed by atoms with Gasteiger partial charge in [-0.15, -0.1) is 0 Å². The SMILES string of the molecule is NC(N)=O.NC(N)=O.NC(N)=O.NC(N)=O.NC(N)=O.NC(N)=O.NC(N)=O.NCCCCCCCN.OCCO. The minimum Gasteiger partial charge on any atom is -0.394 e. The maximum absolute atomic E-state index is 9.00. The molecule has 0 aliphatic heterocycles. The molecule has 0 unspecified atom stereocenters. The van der Waals surface area contributed by atoms with Crippen LogP contribution in [0.5, 0.6) is 0 Å². The average molecular weight is 613 g/mol. The van der Waals surface area contributed by atoms with E-state index in [1.54, 1.807) is 0 Å². The Balaban J connectivity index is -0.0000000411. The highest BCUT2D eigenvalue weighted by atomic mass is 16.3. The van der Waals surface area contributed by atoms with Crippen molar-refractivity contribution in [2.24, 2.45) is 91.7 Å². The lowest BCUT2D eigenvalue weighted by atomic mass is 10.1. The Morgan fingerprint density at radius 2 is 0.415 bits per heavy atom. The third-order valence-corrected chi connectivity index (χ3v) is 1.51. The first-order chi connectivity index (χ1) is 18.5. The number of urea groups is 7. The molecule has 0 aromatic heterocycles. The number of unbranched alkanes of at least 4 members (excludes halogenated alkanes) is 4. The molecule has 0 fully saturated rings. The Labute approximate surface area is 236 Å². The van der Waals surface area contributed by atoms with Crippen molar-refractivity contribution in [3.8, 4) is 0 Å². The maximum atomic E-state index is 9.00. The van der Waals surface area contributed by atoms with E-state index in [4.69, 9.17) is 55.2 Å². The van der Waals surface area contributed by atoms with Crippen LogP contribution in [0.2, 0.25) is 0 Å². The smallest absolute Gasteiger partial charge is 0.309 e. The highest BCUT2D eigenvalue weighted by molar-refractivity contribution is 5.70. The van der Waals surface area contributed by atoms with E-state index in [0.29, 0.717) is 0 Å². The van der Waals surface area contributed by atoms with Crippen molar-refractivity contribution in [3.63, 3.8) is 0 Å². The van der Waals surface area contributed by atoms with Crippen LogP contribution < -0.4 is 91.7 Å². The molecule has 25 heteroatoms. The van der Waals surface area contributed by atoms with Gasteiger partial charge in [0.05, 0.1) is 13.2 Å². The lowest BCUT2D eigenvalue weighted by Crippen LogP contribution is -2.18. The molecule has 14 amide bonds. The van der Waals surface area contributed by atoms with Crippen LogP contribution in [0.25, 0.3) is 0 Å². The number of aliphatic hydroxyl groups excluding tert-OH is 2. The molecule has 0 atom stereocenters. The average Bonchev–Trinajstić information content (AvgIpc) is 2.71. The number of primary amides is 14. The van der Waals surface area contributed by atoms with E-state index in [2.05, 4.69) is 80.3 Å². The van der Waals surface area contributed by atoms with Crippen LogP contribution in [-0.2, 0) is 0 Å². The zero-order chi connectivity index (χ0) is 35.4. The van der Waals surface area contributed by atoms with E-state index in [1.807, 2.05) is 0 Å². The van der Waals surface area contributed by atoms with Gasteiger partial charge in [0.15, 0.2) is 0 Å². The van der Waals surface area contributed by atoms with Crippen molar-refractivity contribution in [3.05, 3.63) is 0 Å². The molecular weight excluding hydrogens is 560 g/mol. The highest BCUT2D eigenvalue weighted by Crippen LogP contribution is 2.00. The summed E-state index contributed by atoms with van der Waals surface area (Å²) in [4.78, 5) is 63.0. The molecule has 0 aliphatic carbocycles. The second-order valence-electron chi connectivity index (χ2n) is 5.61. The third-order valence-electron chi connectivity index (χ3n) is 1.51. The number of rotatable bonds is 7. The molecule has 25 nitrogen and oxygen atoms in total. The van der Waals surface area contributed by atoms with Crippen LogP contribution >= 0.6 is 0 Å². The van der Waals surface area contributed by atoms with Gasteiger partial charge in [0.2, 0.25) is 0 Å². The van der Waals surface area contributed by atoms with Gasteiger partial charge in [0.25, 0.3) is 0 Å². The Kier molecular flexibility index (Phi) is 95.0. The van der Waals surface area contributed by atoms with Crippen molar-refractivity contribution >= 4 is 42.2 Å². The molecule has 0 aliphatic rings. The van der Waals surface area contributed by atoms with Gasteiger partial charge in [0, 0.05) is 0 Å². The second-order valence-corrected chi connectivity index (χ2v) is 5.61. The van der Waals surface area contributed by atoms with E-state index in [0.717, 1.165) is 13.1 Å². The van der Waals surface area contributed by atoms with Crippen molar-refractivity contribution < 1.29 is 43.8 Å². The zero-order valence-corrected chi connectivity index (χ0v) is 22.9. The molecule has 0 saturated heterocycles. The Morgan fingerprint density at radius 3 is 0.488 bits per heavy atom. The van der Waals surface area contributed by atoms with Crippen molar-refractivity contribution in [2.45, 2.75) is 32.1 Å². The fourth-order valence-corrected chi connectivity index (χ4v) is 0.819. The Morgan fingerprint density at radius 1 is 0.317 bits per heavy atom. The molecule has 0 saturated carbocycles. The second kappa shape index (κ2) is 64.6. The number of hydrogen-bond acceptors (Lipinski definition) is 11. The number of amides is 14. The first-order valence-electron chi connectivity index (χ1n) is 10.4.